The van der Waals surface area contributed by atoms with Crippen molar-refractivity contribution in [3.05, 3.63) is 112 Å². The first-order valence-corrected chi connectivity index (χ1v) is 19.2. The Kier molecular flexibility index (Phi) is 12.3. The minimum Gasteiger partial charge on any atom is -0.352 e. The summed E-state index contributed by atoms with van der Waals surface area (Å²) in [4.78, 5) is 48.8. The maximum Gasteiger partial charge on any atom is 0.474 e. The summed E-state index contributed by atoms with van der Waals surface area (Å²) in [6.07, 6.45) is -1.18. The van der Waals surface area contributed by atoms with Crippen LogP contribution in [0.1, 0.15) is 18.2 Å². The Balaban J connectivity index is 1.51. The number of ether oxygens (including phenoxy) is 1. The number of nitrogens with one attached hydrogen (secondary N) is 1. The van der Waals surface area contributed by atoms with E-state index >= 15 is 0 Å². The number of hydrogen-bond donors (Lipinski definition) is 1. The van der Waals surface area contributed by atoms with Gasteiger partial charge in [-0.25, -0.2) is 26.2 Å². The normalized spacial score (nSPS) is 17.9. The van der Waals surface area contributed by atoms with Gasteiger partial charge in [0.25, 0.3) is 16.9 Å². The van der Waals surface area contributed by atoms with Crippen LogP contribution in [0.15, 0.2) is 79.2 Å². The number of benzene rings is 2. The van der Waals surface area contributed by atoms with Gasteiger partial charge in [0.15, 0.2) is 19.7 Å². The Bertz CT molecular complexity index is 2120. The molecule has 1 aliphatic rings. The molecule has 1 fully saturated rings. The Morgan fingerprint density at radius 3 is 1.88 bits per heavy atom. The average Bonchev–Trinajstić information content (AvgIpc) is 3.47. The molecule has 3 aromatic rings. The first-order chi connectivity index (χ1) is 23.9. The van der Waals surface area contributed by atoms with Crippen LogP contribution in [0.25, 0.3) is 10.4 Å². The van der Waals surface area contributed by atoms with Crippen LogP contribution >= 0.6 is 7.82 Å². The number of phosphoric ester groups is 1. The maximum absolute atomic E-state index is 13.7. The van der Waals surface area contributed by atoms with Crippen molar-refractivity contribution < 1.29 is 49.6 Å². The van der Waals surface area contributed by atoms with Crippen molar-refractivity contribution in [2.75, 3.05) is 31.3 Å². The molecule has 22 nitrogen and oxygen atoms in total. The van der Waals surface area contributed by atoms with Crippen molar-refractivity contribution in [1.82, 2.24) is 9.55 Å². The number of hydrogen-bond acceptors (Lipinski definition) is 16. The minimum absolute atomic E-state index is 0.101. The third kappa shape index (κ3) is 9.92. The number of H-pyrrole nitrogens is 1. The van der Waals surface area contributed by atoms with Gasteiger partial charge in [-0.3, -0.25) is 48.1 Å². The lowest BCUT2D eigenvalue weighted by atomic mass is 10.1. The number of aromatic nitrogens is 2. The predicted molar refractivity (Wildman–Crippen MR) is 173 cm³/mol. The van der Waals surface area contributed by atoms with Crippen molar-refractivity contribution in [3.8, 4) is 0 Å². The fourth-order valence-electron chi connectivity index (χ4n) is 4.60. The van der Waals surface area contributed by atoms with Crippen LogP contribution in [0, 0.1) is 27.2 Å². The minimum atomic E-state index is -4.87. The smallest absolute Gasteiger partial charge is 0.352 e. The van der Waals surface area contributed by atoms with E-state index in [-0.39, 0.29) is 33.2 Å². The van der Waals surface area contributed by atoms with Crippen LogP contribution in [-0.4, -0.2) is 79.7 Å². The van der Waals surface area contributed by atoms with Crippen LogP contribution < -0.4 is 11.2 Å². The second-order valence-electron chi connectivity index (χ2n) is 10.7. The van der Waals surface area contributed by atoms with Gasteiger partial charge < -0.3 is 4.74 Å². The van der Waals surface area contributed by atoms with Gasteiger partial charge in [0.05, 0.1) is 63.1 Å². The Morgan fingerprint density at radius 1 is 0.941 bits per heavy atom. The Labute approximate surface area is 287 Å². The van der Waals surface area contributed by atoms with Crippen LogP contribution in [0.2, 0.25) is 0 Å². The molecule has 274 valence electrons. The van der Waals surface area contributed by atoms with Gasteiger partial charge in [0.2, 0.25) is 0 Å². The number of nitro benzene ring substituents is 2. The average molecular weight is 774 g/mol. The summed E-state index contributed by atoms with van der Waals surface area (Å²) in [5.41, 5.74) is 7.05. The van der Waals surface area contributed by atoms with Gasteiger partial charge >= 0.3 is 13.5 Å². The topological polar surface area (TPSA) is 312 Å². The molecular formula is C26H28N7O15PS2. The first kappa shape index (κ1) is 39.0. The van der Waals surface area contributed by atoms with Crippen molar-refractivity contribution in [2.24, 2.45) is 5.11 Å². The first-order valence-electron chi connectivity index (χ1n) is 14.4. The van der Waals surface area contributed by atoms with Gasteiger partial charge in [-0.2, -0.15) is 0 Å². The van der Waals surface area contributed by atoms with E-state index in [9.17, 15) is 51.2 Å². The molecule has 0 bridgehead atoms. The van der Waals surface area contributed by atoms with Gasteiger partial charge in [-0.1, -0.05) is 5.11 Å². The number of aromatic amines is 1. The summed E-state index contributed by atoms with van der Waals surface area (Å²) in [5, 5.41) is 25.4. The third-order valence-corrected chi connectivity index (χ3v) is 12.1. The summed E-state index contributed by atoms with van der Waals surface area (Å²) in [6.45, 7) is -0.958. The fraction of sp³-hybridized carbons (Fsp3) is 0.385. The maximum atomic E-state index is 13.7. The molecule has 4 rings (SSSR count). The second kappa shape index (κ2) is 16.0. The highest BCUT2D eigenvalue weighted by molar-refractivity contribution is 7.91. The number of nitrogens with zero attached hydrogens (tertiary/aromatic N) is 6. The largest absolute Gasteiger partial charge is 0.474 e. The van der Waals surface area contributed by atoms with E-state index < -0.39 is 98.3 Å². The molecular weight excluding hydrogens is 745 g/mol. The lowest BCUT2D eigenvalue weighted by Gasteiger charge is -2.21. The number of phosphoric acid groups is 1. The van der Waals surface area contributed by atoms with Crippen molar-refractivity contribution in [1.29, 1.82) is 0 Å². The molecule has 0 amide bonds. The molecule has 51 heavy (non-hydrogen) atoms. The summed E-state index contributed by atoms with van der Waals surface area (Å²) in [6, 6.07) is 6.79. The molecule has 0 spiro atoms. The fourth-order valence-corrected chi connectivity index (χ4v) is 8.21. The number of aryl methyl sites for hydroxylation is 1. The number of sulfone groups is 2. The summed E-state index contributed by atoms with van der Waals surface area (Å²) in [5.74, 6) is -1.67. The molecule has 1 aromatic heterocycles. The van der Waals surface area contributed by atoms with E-state index in [1.54, 1.807) is 0 Å². The molecule has 2 heterocycles. The zero-order chi connectivity index (χ0) is 37.6. The Hall–Kier alpha value is -4.80. The number of non-ortho nitro benzene ring substituents is 2. The molecule has 0 aliphatic carbocycles. The highest BCUT2D eigenvalue weighted by Crippen LogP contribution is 2.50. The molecule has 1 unspecified atom stereocenters. The predicted octanol–water partition coefficient (Wildman–Crippen LogP) is 2.73. The van der Waals surface area contributed by atoms with Crippen LogP contribution in [0.4, 0.5) is 11.4 Å². The molecule has 1 aliphatic heterocycles. The van der Waals surface area contributed by atoms with Gasteiger partial charge in [-0.05, 0) is 36.7 Å². The molecule has 25 heteroatoms. The van der Waals surface area contributed by atoms with E-state index in [0.717, 1.165) is 53.1 Å². The van der Waals surface area contributed by atoms with E-state index in [4.69, 9.17) is 23.8 Å². The van der Waals surface area contributed by atoms with Crippen molar-refractivity contribution in [3.63, 3.8) is 0 Å². The molecule has 0 saturated carbocycles. The second-order valence-corrected chi connectivity index (χ2v) is 16.6. The highest BCUT2D eigenvalue weighted by Gasteiger charge is 2.39. The molecule has 1 N–H and O–H groups in total. The molecule has 2 aromatic carbocycles. The zero-order valence-electron chi connectivity index (χ0n) is 26.2. The van der Waals surface area contributed by atoms with E-state index in [1.807, 2.05) is 0 Å². The summed E-state index contributed by atoms with van der Waals surface area (Å²) in [7, 11) is -13.2. The third-order valence-electron chi connectivity index (χ3n) is 7.27. The Morgan fingerprint density at radius 2 is 1.43 bits per heavy atom. The summed E-state index contributed by atoms with van der Waals surface area (Å²) < 4.78 is 87.8. The number of nitro groups is 2. The summed E-state index contributed by atoms with van der Waals surface area (Å²) >= 11 is 0. The van der Waals surface area contributed by atoms with Crippen LogP contribution in [-0.2, 0) is 42.5 Å². The quantitative estimate of drug-likeness (QED) is 0.0515. The van der Waals surface area contributed by atoms with E-state index in [0.29, 0.717) is 0 Å². The molecule has 0 radical (unpaired) electrons. The molecule has 1 saturated heterocycles. The monoisotopic (exact) mass is 773 g/mol. The van der Waals surface area contributed by atoms with Crippen LogP contribution in [0.5, 0.6) is 0 Å². The van der Waals surface area contributed by atoms with Crippen molar-refractivity contribution in [2.45, 2.75) is 41.5 Å². The standard InChI is InChI=1S/C26H28N7O15PS2/c1-17-15-31(26(35)28-25(17)34)24-14-22(29-30-27)23(48-24)16-47-49(40,45-10-12-50(41,42)20-6-2-18(3-7-20)32(36)37)46-11-13-51(43,44)21-8-4-19(5-9-21)33(38)39/h2-9,15,22-24H,10-14,16H2,1H3,(H,28,34,35)/t22?,23-,24-/m1/s1. The zero-order valence-corrected chi connectivity index (χ0v) is 28.8. The van der Waals surface area contributed by atoms with E-state index in [1.165, 1.54) is 13.1 Å². The van der Waals surface area contributed by atoms with Gasteiger partial charge in [0.1, 0.15) is 6.23 Å². The van der Waals surface area contributed by atoms with Crippen molar-refractivity contribution >= 4 is 38.9 Å². The molecule has 3 atom stereocenters. The lowest BCUT2D eigenvalue weighted by Crippen LogP contribution is -2.33. The lowest BCUT2D eigenvalue weighted by molar-refractivity contribution is -0.385. The number of azide groups is 1. The SMILES string of the molecule is Cc1cn([C@H]2CC(N=[N+]=[N-])[C@@H](COP(=O)(OCCS(=O)(=O)c3ccc([N+](=O)[O-])cc3)OCCS(=O)(=O)c3ccc([N+](=O)[O-])cc3)O2)c(=O)[nH]c1=O. The van der Waals surface area contributed by atoms with E-state index in [2.05, 4.69) is 15.0 Å². The van der Waals surface area contributed by atoms with Crippen LogP contribution in [0.3, 0.4) is 0 Å². The van der Waals surface area contributed by atoms with Gasteiger partial charge in [0, 0.05) is 47.4 Å². The number of rotatable bonds is 17. The highest BCUT2D eigenvalue weighted by atomic mass is 32.2. The van der Waals surface area contributed by atoms with Gasteiger partial charge in [-0.15, -0.1) is 0 Å².